The van der Waals surface area contributed by atoms with Crippen LogP contribution in [0.1, 0.15) is 19.3 Å². The quantitative estimate of drug-likeness (QED) is 0.516. The van der Waals surface area contributed by atoms with Crippen molar-refractivity contribution in [3.8, 4) is 0 Å². The minimum absolute atomic E-state index is 0.784. The summed E-state index contributed by atoms with van der Waals surface area (Å²) in [7, 11) is 1.76. The highest BCUT2D eigenvalue weighted by atomic mass is 79.9. The molecular weight excluding hydrogens is 272 g/mol. The summed E-state index contributed by atoms with van der Waals surface area (Å²) in [4.78, 5) is 0. The Labute approximate surface area is 86.1 Å². The molecule has 3 heteroatoms. The number of hydrogen-bond donors (Lipinski definition) is 0. The Kier molecular flexibility index (Phi) is 9.77. The molecule has 0 aromatic carbocycles. The monoisotopic (exact) mass is 286 g/mol. The average molecular weight is 288 g/mol. The minimum atomic E-state index is 0.784. The minimum Gasteiger partial charge on any atom is -0.385 e. The van der Waals surface area contributed by atoms with Gasteiger partial charge in [0.15, 0.2) is 0 Å². The van der Waals surface area contributed by atoms with Gasteiger partial charge in [0.05, 0.1) is 0 Å². The van der Waals surface area contributed by atoms with E-state index in [4.69, 9.17) is 4.74 Å². The maximum atomic E-state index is 4.97. The Balaban J connectivity index is 3.07. The average Bonchev–Trinajstić information content (AvgIpc) is 2.05. The Morgan fingerprint density at radius 1 is 1.18 bits per heavy atom. The SMILES string of the molecule is COCCCCC(CBr)CBr. The summed E-state index contributed by atoms with van der Waals surface area (Å²) >= 11 is 6.97. The second-order valence-corrected chi connectivity index (χ2v) is 3.96. The molecule has 0 heterocycles. The van der Waals surface area contributed by atoms with E-state index in [0.29, 0.717) is 0 Å². The maximum absolute atomic E-state index is 4.97. The van der Waals surface area contributed by atoms with Crippen LogP contribution in [0.15, 0.2) is 0 Å². The summed E-state index contributed by atoms with van der Waals surface area (Å²) in [6.07, 6.45) is 3.75. The first-order chi connectivity index (χ1) is 5.35. The van der Waals surface area contributed by atoms with E-state index in [9.17, 15) is 0 Å². The van der Waals surface area contributed by atoms with Crippen LogP contribution >= 0.6 is 31.9 Å². The molecule has 0 amide bonds. The highest BCUT2D eigenvalue weighted by molar-refractivity contribution is 9.09. The van der Waals surface area contributed by atoms with Gasteiger partial charge < -0.3 is 4.74 Å². The summed E-state index contributed by atoms with van der Waals surface area (Å²) in [6, 6.07) is 0. The van der Waals surface area contributed by atoms with Gasteiger partial charge in [-0.2, -0.15) is 0 Å². The fourth-order valence-corrected chi connectivity index (χ4v) is 2.59. The maximum Gasteiger partial charge on any atom is 0.0462 e. The molecule has 0 spiro atoms. The Hall–Kier alpha value is 0.920. The fraction of sp³-hybridized carbons (Fsp3) is 1.00. The van der Waals surface area contributed by atoms with Crippen molar-refractivity contribution < 1.29 is 4.74 Å². The fourth-order valence-electron chi connectivity index (χ4n) is 0.875. The zero-order valence-electron chi connectivity index (χ0n) is 6.98. The van der Waals surface area contributed by atoms with Crippen LogP contribution < -0.4 is 0 Å². The molecule has 0 saturated carbocycles. The van der Waals surface area contributed by atoms with Crippen LogP contribution in [0.2, 0.25) is 0 Å². The van der Waals surface area contributed by atoms with Gasteiger partial charge in [-0.1, -0.05) is 38.3 Å². The third kappa shape index (κ3) is 7.29. The summed E-state index contributed by atoms with van der Waals surface area (Å²) in [6.45, 7) is 0.900. The molecule has 1 nitrogen and oxygen atoms in total. The van der Waals surface area contributed by atoms with E-state index in [1.807, 2.05) is 0 Å². The van der Waals surface area contributed by atoms with Crippen molar-refractivity contribution >= 4 is 31.9 Å². The van der Waals surface area contributed by atoms with Crippen molar-refractivity contribution in [1.82, 2.24) is 0 Å². The molecule has 0 atom stereocenters. The van der Waals surface area contributed by atoms with Gasteiger partial charge >= 0.3 is 0 Å². The van der Waals surface area contributed by atoms with Crippen LogP contribution in [0.25, 0.3) is 0 Å². The Bertz CT molecular complexity index is 74.5. The van der Waals surface area contributed by atoms with E-state index < -0.39 is 0 Å². The number of halogens is 2. The number of alkyl halides is 2. The van der Waals surface area contributed by atoms with Crippen molar-refractivity contribution in [3.05, 3.63) is 0 Å². The second kappa shape index (κ2) is 9.01. The molecule has 0 rings (SSSR count). The number of hydrogen-bond acceptors (Lipinski definition) is 1. The predicted octanol–water partition coefficient (Wildman–Crippen LogP) is 3.21. The molecule has 0 saturated heterocycles. The summed E-state index contributed by atoms with van der Waals surface area (Å²) in [5.41, 5.74) is 0. The highest BCUT2D eigenvalue weighted by Gasteiger charge is 2.03. The molecule has 0 N–H and O–H groups in total. The molecule has 0 radical (unpaired) electrons. The Morgan fingerprint density at radius 3 is 2.27 bits per heavy atom. The van der Waals surface area contributed by atoms with E-state index in [2.05, 4.69) is 31.9 Å². The molecule has 11 heavy (non-hydrogen) atoms. The zero-order chi connectivity index (χ0) is 8.53. The highest BCUT2D eigenvalue weighted by Crippen LogP contribution is 2.13. The van der Waals surface area contributed by atoms with Gasteiger partial charge in [-0.15, -0.1) is 0 Å². The molecule has 0 aliphatic carbocycles. The molecule has 0 aliphatic heterocycles. The summed E-state index contributed by atoms with van der Waals surface area (Å²) < 4.78 is 4.97. The molecule has 0 fully saturated rings. The third-order valence-corrected chi connectivity index (χ3v) is 3.48. The molecule has 0 aromatic heterocycles. The van der Waals surface area contributed by atoms with Gasteiger partial charge in [-0.25, -0.2) is 0 Å². The first-order valence-corrected chi connectivity index (χ1v) is 6.20. The lowest BCUT2D eigenvalue weighted by atomic mass is 10.1. The lowest BCUT2D eigenvalue weighted by Crippen LogP contribution is -2.03. The smallest absolute Gasteiger partial charge is 0.0462 e. The third-order valence-electron chi connectivity index (χ3n) is 1.65. The van der Waals surface area contributed by atoms with E-state index in [1.54, 1.807) is 7.11 Å². The Morgan fingerprint density at radius 2 is 1.82 bits per heavy atom. The predicted molar refractivity (Wildman–Crippen MR) is 56.8 cm³/mol. The van der Waals surface area contributed by atoms with Crippen LogP contribution in [0.4, 0.5) is 0 Å². The van der Waals surface area contributed by atoms with Gasteiger partial charge in [-0.05, 0) is 18.8 Å². The molecular formula is C8H16Br2O. The molecule has 0 aromatic rings. The summed E-state index contributed by atoms with van der Waals surface area (Å²) in [5.74, 6) is 0.784. The van der Waals surface area contributed by atoms with Crippen LogP contribution in [0, 0.1) is 5.92 Å². The largest absolute Gasteiger partial charge is 0.385 e. The van der Waals surface area contributed by atoms with Crippen LogP contribution in [0.5, 0.6) is 0 Å². The first-order valence-electron chi connectivity index (χ1n) is 3.96. The van der Waals surface area contributed by atoms with Gasteiger partial charge in [0.25, 0.3) is 0 Å². The van der Waals surface area contributed by atoms with Crippen molar-refractivity contribution in [2.24, 2.45) is 5.92 Å². The van der Waals surface area contributed by atoms with Gasteiger partial charge in [-0.3, -0.25) is 0 Å². The van der Waals surface area contributed by atoms with Crippen molar-refractivity contribution in [2.75, 3.05) is 24.4 Å². The number of methoxy groups -OCH3 is 1. The summed E-state index contributed by atoms with van der Waals surface area (Å²) in [5, 5.41) is 2.20. The number of unbranched alkanes of at least 4 members (excludes halogenated alkanes) is 1. The second-order valence-electron chi connectivity index (χ2n) is 2.66. The van der Waals surface area contributed by atoms with Gasteiger partial charge in [0.2, 0.25) is 0 Å². The van der Waals surface area contributed by atoms with Crippen LogP contribution in [-0.2, 0) is 4.74 Å². The van der Waals surface area contributed by atoms with Gasteiger partial charge in [0.1, 0.15) is 0 Å². The van der Waals surface area contributed by atoms with Crippen LogP contribution in [-0.4, -0.2) is 24.4 Å². The lowest BCUT2D eigenvalue weighted by molar-refractivity contribution is 0.191. The molecule has 0 bridgehead atoms. The van der Waals surface area contributed by atoms with Gasteiger partial charge in [0, 0.05) is 24.4 Å². The van der Waals surface area contributed by atoms with Crippen molar-refractivity contribution in [2.45, 2.75) is 19.3 Å². The topological polar surface area (TPSA) is 9.23 Å². The van der Waals surface area contributed by atoms with E-state index in [-0.39, 0.29) is 0 Å². The molecule has 0 aliphatic rings. The number of rotatable bonds is 7. The van der Waals surface area contributed by atoms with Crippen LogP contribution in [0.3, 0.4) is 0 Å². The standard InChI is InChI=1S/C8H16Br2O/c1-11-5-3-2-4-8(6-9)7-10/h8H,2-7H2,1H3. The lowest BCUT2D eigenvalue weighted by Gasteiger charge is -2.08. The first kappa shape index (κ1) is 11.9. The van der Waals surface area contributed by atoms with E-state index >= 15 is 0 Å². The molecule has 68 valence electrons. The van der Waals surface area contributed by atoms with Crippen molar-refractivity contribution in [1.29, 1.82) is 0 Å². The van der Waals surface area contributed by atoms with E-state index in [1.165, 1.54) is 19.3 Å². The van der Waals surface area contributed by atoms with Crippen molar-refractivity contribution in [3.63, 3.8) is 0 Å². The molecule has 0 unspecified atom stereocenters. The zero-order valence-corrected chi connectivity index (χ0v) is 10.2. The number of ether oxygens (including phenoxy) is 1. The van der Waals surface area contributed by atoms with E-state index in [0.717, 1.165) is 23.2 Å². The normalized spacial score (nSPS) is 10.9.